The standard InChI is InChI=1S/C28H33N3O4/c1-30-28(35-23-15-13-22(33-2)14-16-23)25(26(29-30)20-8-4-3-5-9-20)19-31(18-24-12-7-17-34-24)27(32)21-10-6-11-21/h3-5,8-9,13-16,21,24H,6-7,10-12,17-19H2,1-2H3/t24-/m1/s1. The van der Waals surface area contributed by atoms with E-state index in [9.17, 15) is 4.79 Å². The molecule has 7 heteroatoms. The molecule has 2 aliphatic rings. The number of rotatable bonds is 9. The van der Waals surface area contributed by atoms with Crippen molar-refractivity contribution in [1.29, 1.82) is 0 Å². The van der Waals surface area contributed by atoms with Gasteiger partial charge in [-0.2, -0.15) is 5.10 Å². The normalized spacial score (nSPS) is 17.7. The molecule has 1 aliphatic carbocycles. The van der Waals surface area contributed by atoms with Crippen LogP contribution < -0.4 is 9.47 Å². The van der Waals surface area contributed by atoms with Crippen LogP contribution in [0.4, 0.5) is 0 Å². The van der Waals surface area contributed by atoms with Gasteiger partial charge in [-0.1, -0.05) is 36.8 Å². The highest BCUT2D eigenvalue weighted by atomic mass is 16.5. The zero-order valence-electron chi connectivity index (χ0n) is 20.5. The van der Waals surface area contributed by atoms with E-state index in [0.29, 0.717) is 24.7 Å². The fourth-order valence-electron chi connectivity index (χ4n) is 4.78. The topological polar surface area (TPSA) is 65.8 Å². The molecule has 3 aromatic rings. The first-order valence-corrected chi connectivity index (χ1v) is 12.5. The lowest BCUT2D eigenvalue weighted by Crippen LogP contribution is -2.42. The minimum atomic E-state index is 0.0850. The molecule has 5 rings (SSSR count). The molecule has 0 unspecified atom stereocenters. The van der Waals surface area contributed by atoms with Crippen LogP contribution in [-0.4, -0.2) is 47.0 Å². The van der Waals surface area contributed by atoms with E-state index in [-0.39, 0.29) is 17.9 Å². The molecular formula is C28H33N3O4. The van der Waals surface area contributed by atoms with Crippen LogP contribution in [0.15, 0.2) is 54.6 Å². The first-order valence-electron chi connectivity index (χ1n) is 12.5. The summed E-state index contributed by atoms with van der Waals surface area (Å²) >= 11 is 0. The summed E-state index contributed by atoms with van der Waals surface area (Å²) in [6, 6.07) is 17.6. The van der Waals surface area contributed by atoms with Crippen molar-refractivity contribution in [3.05, 3.63) is 60.2 Å². The maximum atomic E-state index is 13.5. The number of aromatic nitrogens is 2. The maximum absolute atomic E-state index is 13.5. The average molecular weight is 476 g/mol. The van der Waals surface area contributed by atoms with E-state index in [1.165, 1.54) is 0 Å². The van der Waals surface area contributed by atoms with E-state index in [4.69, 9.17) is 19.3 Å². The molecule has 1 saturated heterocycles. The molecule has 2 heterocycles. The molecule has 1 amide bonds. The minimum Gasteiger partial charge on any atom is -0.497 e. The van der Waals surface area contributed by atoms with E-state index in [1.807, 2.05) is 66.5 Å². The summed E-state index contributed by atoms with van der Waals surface area (Å²) in [5.41, 5.74) is 2.73. The van der Waals surface area contributed by atoms with E-state index in [0.717, 1.165) is 61.3 Å². The highest BCUT2D eigenvalue weighted by Gasteiger charge is 2.33. The Labute approximate surface area is 206 Å². The lowest BCUT2D eigenvalue weighted by molar-refractivity contribution is -0.140. The molecule has 35 heavy (non-hydrogen) atoms. The monoisotopic (exact) mass is 475 g/mol. The molecule has 1 atom stereocenters. The summed E-state index contributed by atoms with van der Waals surface area (Å²) in [7, 11) is 3.52. The first kappa shape index (κ1) is 23.4. The summed E-state index contributed by atoms with van der Waals surface area (Å²) in [4.78, 5) is 15.5. The Morgan fingerprint density at radius 2 is 1.80 bits per heavy atom. The highest BCUT2D eigenvalue weighted by molar-refractivity contribution is 5.80. The van der Waals surface area contributed by atoms with Crippen molar-refractivity contribution in [2.24, 2.45) is 13.0 Å². The number of hydrogen-bond acceptors (Lipinski definition) is 5. The van der Waals surface area contributed by atoms with Crippen molar-refractivity contribution >= 4 is 5.91 Å². The largest absolute Gasteiger partial charge is 0.497 e. The summed E-state index contributed by atoms with van der Waals surface area (Å²) in [6.45, 7) is 1.79. The Kier molecular flexibility index (Phi) is 7.04. The van der Waals surface area contributed by atoms with Crippen molar-refractivity contribution in [2.45, 2.75) is 44.8 Å². The van der Waals surface area contributed by atoms with Crippen LogP contribution in [0.3, 0.4) is 0 Å². The number of nitrogens with zero attached hydrogens (tertiary/aromatic N) is 3. The zero-order valence-corrected chi connectivity index (χ0v) is 20.5. The Morgan fingerprint density at radius 1 is 1.06 bits per heavy atom. The number of aryl methyl sites for hydroxylation is 1. The molecular weight excluding hydrogens is 442 g/mol. The maximum Gasteiger partial charge on any atom is 0.226 e. The lowest BCUT2D eigenvalue weighted by Gasteiger charge is -2.33. The minimum absolute atomic E-state index is 0.0850. The first-order chi connectivity index (χ1) is 17.1. The van der Waals surface area contributed by atoms with E-state index in [2.05, 4.69) is 0 Å². The molecule has 0 bridgehead atoms. The molecule has 2 aromatic carbocycles. The molecule has 1 aromatic heterocycles. The number of ether oxygens (including phenoxy) is 3. The lowest BCUT2D eigenvalue weighted by atomic mass is 9.84. The third-order valence-electron chi connectivity index (χ3n) is 6.97. The van der Waals surface area contributed by atoms with Gasteiger partial charge in [-0.3, -0.25) is 4.79 Å². The van der Waals surface area contributed by atoms with E-state index in [1.54, 1.807) is 11.8 Å². The number of benzene rings is 2. The SMILES string of the molecule is COc1ccc(Oc2c(CN(C[C@H]3CCCO3)C(=O)C3CCC3)c(-c3ccccc3)nn2C)cc1. The Balaban J connectivity index is 1.51. The predicted octanol–water partition coefficient (Wildman–Crippen LogP) is 5.20. The van der Waals surface area contributed by atoms with Gasteiger partial charge in [0.15, 0.2) is 0 Å². The second kappa shape index (κ2) is 10.5. The molecule has 0 spiro atoms. The van der Waals surface area contributed by atoms with Gasteiger partial charge in [-0.05, 0) is 49.9 Å². The highest BCUT2D eigenvalue weighted by Crippen LogP contribution is 2.36. The van der Waals surface area contributed by atoms with Crippen molar-refractivity contribution < 1.29 is 19.0 Å². The van der Waals surface area contributed by atoms with Gasteiger partial charge in [0.05, 0.1) is 25.3 Å². The molecule has 184 valence electrons. The fourth-order valence-corrected chi connectivity index (χ4v) is 4.78. The second-order valence-corrected chi connectivity index (χ2v) is 9.38. The van der Waals surface area contributed by atoms with Crippen molar-refractivity contribution in [3.8, 4) is 28.6 Å². The van der Waals surface area contributed by atoms with E-state index >= 15 is 0 Å². The number of methoxy groups -OCH3 is 1. The van der Waals surface area contributed by atoms with Gasteiger partial charge in [0.25, 0.3) is 0 Å². The van der Waals surface area contributed by atoms with Crippen LogP contribution in [-0.2, 0) is 23.1 Å². The summed E-state index contributed by atoms with van der Waals surface area (Å²) in [5, 5.41) is 4.83. The Bertz CT molecular complexity index is 1130. The molecule has 2 fully saturated rings. The quantitative estimate of drug-likeness (QED) is 0.426. The zero-order chi connectivity index (χ0) is 24.2. The molecule has 1 aliphatic heterocycles. The van der Waals surface area contributed by atoms with Crippen LogP contribution in [0.25, 0.3) is 11.3 Å². The summed E-state index contributed by atoms with van der Waals surface area (Å²) in [6.07, 6.45) is 5.18. The summed E-state index contributed by atoms with van der Waals surface area (Å²) < 4.78 is 19.3. The number of carbonyl (C=O) groups excluding carboxylic acids is 1. The van der Waals surface area contributed by atoms with Gasteiger partial charge in [0.1, 0.15) is 17.2 Å². The van der Waals surface area contributed by atoms with Crippen molar-refractivity contribution in [1.82, 2.24) is 14.7 Å². The smallest absolute Gasteiger partial charge is 0.226 e. The average Bonchev–Trinajstić information content (AvgIpc) is 3.47. The third-order valence-corrected chi connectivity index (χ3v) is 6.97. The van der Waals surface area contributed by atoms with Crippen LogP contribution in [0, 0.1) is 5.92 Å². The van der Waals surface area contributed by atoms with E-state index < -0.39 is 0 Å². The Morgan fingerprint density at radius 3 is 2.43 bits per heavy atom. The number of hydrogen-bond donors (Lipinski definition) is 0. The fraction of sp³-hybridized carbons (Fsp3) is 0.429. The molecule has 0 radical (unpaired) electrons. The third kappa shape index (κ3) is 5.20. The molecule has 0 N–H and O–H groups in total. The van der Waals surface area contributed by atoms with Gasteiger partial charge in [0, 0.05) is 31.7 Å². The number of carbonyl (C=O) groups is 1. The van der Waals surface area contributed by atoms with Crippen molar-refractivity contribution in [3.63, 3.8) is 0 Å². The van der Waals surface area contributed by atoms with Crippen LogP contribution in [0.1, 0.15) is 37.7 Å². The number of amides is 1. The van der Waals surface area contributed by atoms with Crippen LogP contribution in [0.5, 0.6) is 17.4 Å². The van der Waals surface area contributed by atoms with Gasteiger partial charge < -0.3 is 19.1 Å². The van der Waals surface area contributed by atoms with Crippen LogP contribution >= 0.6 is 0 Å². The summed E-state index contributed by atoms with van der Waals surface area (Å²) in [5.74, 6) is 2.41. The van der Waals surface area contributed by atoms with Gasteiger partial charge in [-0.25, -0.2) is 4.68 Å². The van der Waals surface area contributed by atoms with Crippen LogP contribution in [0.2, 0.25) is 0 Å². The molecule has 1 saturated carbocycles. The Hall–Kier alpha value is -3.32. The predicted molar refractivity (Wildman–Crippen MR) is 133 cm³/mol. The van der Waals surface area contributed by atoms with Gasteiger partial charge in [0.2, 0.25) is 11.8 Å². The molecule has 7 nitrogen and oxygen atoms in total. The second-order valence-electron chi connectivity index (χ2n) is 9.38. The van der Waals surface area contributed by atoms with Crippen molar-refractivity contribution in [2.75, 3.05) is 20.3 Å². The van der Waals surface area contributed by atoms with Gasteiger partial charge in [-0.15, -0.1) is 0 Å². The van der Waals surface area contributed by atoms with Gasteiger partial charge >= 0.3 is 0 Å².